The molecule has 0 spiro atoms. The quantitative estimate of drug-likeness (QED) is 0.505. The highest BCUT2D eigenvalue weighted by Crippen LogP contribution is 2.57. The topological polar surface area (TPSA) is 26.3 Å². The zero-order valence-electron chi connectivity index (χ0n) is 16.4. The lowest BCUT2D eigenvalue weighted by atomic mass is 9.53. The van der Waals surface area contributed by atoms with Crippen LogP contribution in [0.15, 0.2) is 91.0 Å². The second-order valence-corrected chi connectivity index (χ2v) is 7.75. The smallest absolute Gasteiger partial charge is 0.310 e. The zero-order valence-corrected chi connectivity index (χ0v) is 16.4. The summed E-state index contributed by atoms with van der Waals surface area (Å²) in [6.45, 7) is 4.20. The van der Waals surface area contributed by atoms with Crippen molar-refractivity contribution in [3.8, 4) is 0 Å². The summed E-state index contributed by atoms with van der Waals surface area (Å²) in [5, 5.41) is 0. The highest BCUT2D eigenvalue weighted by Gasteiger charge is 2.53. The number of ether oxygens (including phenoxy) is 1. The van der Waals surface area contributed by atoms with E-state index in [9.17, 15) is 4.79 Å². The number of hydrogen-bond donors (Lipinski definition) is 0. The van der Waals surface area contributed by atoms with Gasteiger partial charge in [0.25, 0.3) is 0 Å². The van der Waals surface area contributed by atoms with Crippen LogP contribution >= 0.6 is 0 Å². The standard InChI is InChI=1S/C26H26O2/c1-18-23(21-14-8-4-9-15-21)25(24(18)22-16-10-5-11-17-22)26(27)28-19(2)20-12-6-3-7-13-20/h3-19,23-25H,1-2H3/t18?,19-,23-,24-,25?/m0/s1. The van der Waals surface area contributed by atoms with Crippen LogP contribution in [0.25, 0.3) is 0 Å². The number of carbonyl (C=O) groups excluding carboxylic acids is 1. The highest BCUT2D eigenvalue weighted by molar-refractivity contribution is 5.77. The van der Waals surface area contributed by atoms with E-state index < -0.39 is 0 Å². The Morgan fingerprint density at radius 2 is 1.18 bits per heavy atom. The van der Waals surface area contributed by atoms with Gasteiger partial charge in [0.05, 0.1) is 5.92 Å². The van der Waals surface area contributed by atoms with Crippen molar-refractivity contribution in [3.63, 3.8) is 0 Å². The van der Waals surface area contributed by atoms with Gasteiger partial charge in [0.15, 0.2) is 0 Å². The summed E-state index contributed by atoms with van der Waals surface area (Å²) in [5.41, 5.74) is 3.46. The second-order valence-electron chi connectivity index (χ2n) is 7.75. The Hall–Kier alpha value is -2.87. The van der Waals surface area contributed by atoms with Crippen LogP contribution in [-0.4, -0.2) is 5.97 Å². The predicted molar refractivity (Wildman–Crippen MR) is 112 cm³/mol. The minimum Gasteiger partial charge on any atom is -0.458 e. The van der Waals surface area contributed by atoms with Crippen molar-refractivity contribution in [1.82, 2.24) is 0 Å². The maximum Gasteiger partial charge on any atom is 0.310 e. The molecule has 0 heterocycles. The molecule has 1 aliphatic carbocycles. The van der Waals surface area contributed by atoms with Crippen LogP contribution in [0.5, 0.6) is 0 Å². The van der Waals surface area contributed by atoms with Crippen LogP contribution in [-0.2, 0) is 9.53 Å². The summed E-state index contributed by atoms with van der Waals surface area (Å²) in [6, 6.07) is 30.7. The van der Waals surface area contributed by atoms with E-state index in [1.54, 1.807) is 0 Å². The minimum atomic E-state index is -0.252. The third-order valence-electron chi connectivity index (χ3n) is 6.11. The van der Waals surface area contributed by atoms with Crippen LogP contribution in [0.2, 0.25) is 0 Å². The van der Waals surface area contributed by atoms with Crippen molar-refractivity contribution >= 4 is 5.97 Å². The molecule has 0 radical (unpaired) electrons. The molecule has 2 heteroatoms. The zero-order chi connectivity index (χ0) is 19.5. The molecule has 3 atom stereocenters. The summed E-state index contributed by atoms with van der Waals surface area (Å²) in [6.07, 6.45) is -0.252. The molecule has 1 aliphatic rings. The molecular weight excluding hydrogens is 344 g/mol. The van der Waals surface area contributed by atoms with Crippen LogP contribution in [0.1, 0.15) is 48.5 Å². The molecule has 0 amide bonds. The molecule has 28 heavy (non-hydrogen) atoms. The summed E-state index contributed by atoms with van der Waals surface area (Å²) < 4.78 is 5.95. The molecule has 0 aromatic heterocycles. The van der Waals surface area contributed by atoms with Crippen molar-refractivity contribution in [1.29, 1.82) is 0 Å². The van der Waals surface area contributed by atoms with Crippen molar-refractivity contribution in [3.05, 3.63) is 108 Å². The number of rotatable bonds is 5. The maximum absolute atomic E-state index is 13.3. The fourth-order valence-corrected chi connectivity index (χ4v) is 4.67. The summed E-state index contributed by atoms with van der Waals surface area (Å²) in [5.74, 6) is 0.487. The molecule has 4 rings (SSSR count). The molecule has 0 aliphatic heterocycles. The van der Waals surface area contributed by atoms with E-state index >= 15 is 0 Å². The monoisotopic (exact) mass is 370 g/mol. The van der Waals surface area contributed by atoms with E-state index in [1.165, 1.54) is 11.1 Å². The second kappa shape index (κ2) is 8.02. The number of carbonyl (C=O) groups is 1. The largest absolute Gasteiger partial charge is 0.458 e. The lowest BCUT2D eigenvalue weighted by Crippen LogP contribution is -2.47. The van der Waals surface area contributed by atoms with Crippen LogP contribution in [0.4, 0.5) is 0 Å². The first-order chi connectivity index (χ1) is 13.7. The lowest BCUT2D eigenvalue weighted by molar-refractivity contribution is -0.161. The van der Waals surface area contributed by atoms with Gasteiger partial charge >= 0.3 is 5.97 Å². The van der Waals surface area contributed by atoms with E-state index in [0.29, 0.717) is 5.92 Å². The summed E-state index contributed by atoms with van der Waals surface area (Å²) >= 11 is 0. The summed E-state index contributed by atoms with van der Waals surface area (Å²) in [7, 11) is 0. The van der Waals surface area contributed by atoms with Crippen LogP contribution < -0.4 is 0 Å². The Morgan fingerprint density at radius 1 is 0.750 bits per heavy atom. The van der Waals surface area contributed by atoms with Gasteiger partial charge in [-0.05, 0) is 29.5 Å². The molecule has 0 unspecified atom stereocenters. The van der Waals surface area contributed by atoms with E-state index in [1.807, 2.05) is 73.7 Å². The average molecular weight is 370 g/mol. The normalized spacial score (nSPS) is 24.8. The van der Waals surface area contributed by atoms with E-state index in [-0.39, 0.29) is 29.8 Å². The third-order valence-corrected chi connectivity index (χ3v) is 6.11. The van der Waals surface area contributed by atoms with E-state index in [2.05, 4.69) is 31.2 Å². The Labute approximate surface area is 167 Å². The van der Waals surface area contributed by atoms with Gasteiger partial charge in [-0.25, -0.2) is 0 Å². The first kappa shape index (κ1) is 18.5. The van der Waals surface area contributed by atoms with Gasteiger partial charge in [-0.3, -0.25) is 4.79 Å². The fourth-order valence-electron chi connectivity index (χ4n) is 4.67. The first-order valence-corrected chi connectivity index (χ1v) is 10.0. The number of esters is 1. The van der Waals surface area contributed by atoms with Crippen LogP contribution in [0.3, 0.4) is 0 Å². The molecular formula is C26H26O2. The van der Waals surface area contributed by atoms with Gasteiger partial charge in [0.2, 0.25) is 0 Å². The molecule has 2 nitrogen and oxygen atoms in total. The molecule has 3 aromatic rings. The SMILES string of the molecule is CC1[C@@H](c2ccccc2)C(C(=O)O[C@@H](C)c2ccccc2)[C@@H]1c1ccccc1. The Kier molecular flexibility index (Phi) is 5.29. The molecule has 142 valence electrons. The lowest BCUT2D eigenvalue weighted by Gasteiger charge is -2.50. The first-order valence-electron chi connectivity index (χ1n) is 10.0. The average Bonchev–Trinajstić information content (AvgIpc) is 2.74. The van der Waals surface area contributed by atoms with Gasteiger partial charge in [0, 0.05) is 11.8 Å². The van der Waals surface area contributed by atoms with Crippen molar-refractivity contribution in [2.75, 3.05) is 0 Å². The third kappa shape index (κ3) is 3.47. The molecule has 0 bridgehead atoms. The van der Waals surface area contributed by atoms with Gasteiger partial charge in [-0.15, -0.1) is 0 Å². The fraction of sp³-hybridized carbons (Fsp3) is 0.269. The molecule has 1 fully saturated rings. The Balaban J connectivity index is 1.61. The van der Waals surface area contributed by atoms with E-state index in [4.69, 9.17) is 4.74 Å². The highest BCUT2D eigenvalue weighted by atomic mass is 16.5. The molecule has 1 saturated carbocycles. The van der Waals surface area contributed by atoms with Gasteiger partial charge in [-0.1, -0.05) is 97.9 Å². The van der Waals surface area contributed by atoms with Crippen molar-refractivity contribution in [2.45, 2.75) is 31.8 Å². The van der Waals surface area contributed by atoms with Crippen molar-refractivity contribution < 1.29 is 9.53 Å². The van der Waals surface area contributed by atoms with Crippen molar-refractivity contribution in [2.24, 2.45) is 11.8 Å². The Bertz CT molecular complexity index is 857. The van der Waals surface area contributed by atoms with E-state index in [0.717, 1.165) is 5.56 Å². The van der Waals surface area contributed by atoms with Gasteiger partial charge in [0.1, 0.15) is 6.10 Å². The maximum atomic E-state index is 13.3. The Morgan fingerprint density at radius 3 is 1.64 bits per heavy atom. The van der Waals surface area contributed by atoms with Gasteiger partial charge < -0.3 is 4.74 Å². The number of hydrogen-bond acceptors (Lipinski definition) is 2. The predicted octanol–water partition coefficient (Wildman–Crippen LogP) is 6.12. The molecule has 0 N–H and O–H groups in total. The minimum absolute atomic E-state index is 0.0999. The molecule has 0 saturated heterocycles. The van der Waals surface area contributed by atoms with Crippen LogP contribution in [0, 0.1) is 11.8 Å². The number of benzene rings is 3. The molecule has 3 aromatic carbocycles. The summed E-state index contributed by atoms with van der Waals surface area (Å²) in [4.78, 5) is 13.3. The van der Waals surface area contributed by atoms with Gasteiger partial charge in [-0.2, -0.15) is 0 Å².